The average Bonchev–Trinajstić information content (AvgIpc) is 2.59. The van der Waals surface area contributed by atoms with Crippen LogP contribution in [0.1, 0.15) is 38.8 Å². The highest BCUT2D eigenvalue weighted by molar-refractivity contribution is 4.94. The van der Waals surface area contributed by atoms with E-state index in [0.29, 0.717) is 0 Å². The van der Waals surface area contributed by atoms with Gasteiger partial charge in [0.05, 0.1) is 12.7 Å². The second kappa shape index (κ2) is 5.81. The first-order chi connectivity index (χ1) is 6.72. The van der Waals surface area contributed by atoms with E-state index in [2.05, 4.69) is 31.1 Å². The zero-order chi connectivity index (χ0) is 10.4. The Morgan fingerprint density at radius 2 is 2.29 bits per heavy atom. The Labute approximate surface area is 85.9 Å². The third-order valence-corrected chi connectivity index (χ3v) is 2.10. The quantitative estimate of drug-likeness (QED) is 0.759. The summed E-state index contributed by atoms with van der Waals surface area (Å²) in [7, 11) is 0. The summed E-state index contributed by atoms with van der Waals surface area (Å²) >= 11 is 0. The van der Waals surface area contributed by atoms with Crippen molar-refractivity contribution < 1.29 is 4.42 Å². The maximum Gasteiger partial charge on any atom is 0.208 e. The van der Waals surface area contributed by atoms with Gasteiger partial charge in [0, 0.05) is 6.42 Å². The van der Waals surface area contributed by atoms with Gasteiger partial charge >= 0.3 is 0 Å². The van der Waals surface area contributed by atoms with Crippen molar-refractivity contribution in [1.82, 2.24) is 10.3 Å². The molecule has 0 radical (unpaired) electrons. The Morgan fingerprint density at radius 1 is 1.50 bits per heavy atom. The minimum absolute atomic E-state index is 0.720. The van der Waals surface area contributed by atoms with Crippen LogP contribution in [0.25, 0.3) is 0 Å². The van der Waals surface area contributed by atoms with Crippen LogP contribution in [0.15, 0.2) is 10.6 Å². The van der Waals surface area contributed by atoms with Crippen molar-refractivity contribution in [1.29, 1.82) is 0 Å². The van der Waals surface area contributed by atoms with E-state index in [-0.39, 0.29) is 0 Å². The monoisotopic (exact) mass is 196 g/mol. The van der Waals surface area contributed by atoms with Gasteiger partial charge in [0.15, 0.2) is 0 Å². The first-order valence-electron chi connectivity index (χ1n) is 5.36. The van der Waals surface area contributed by atoms with Crippen LogP contribution in [0.3, 0.4) is 0 Å². The van der Waals surface area contributed by atoms with Gasteiger partial charge in [0.1, 0.15) is 5.76 Å². The van der Waals surface area contributed by atoms with Gasteiger partial charge in [-0.25, -0.2) is 4.98 Å². The highest BCUT2D eigenvalue weighted by Gasteiger charge is 2.03. The number of aryl methyl sites for hydroxylation is 1. The maximum absolute atomic E-state index is 5.56. The lowest BCUT2D eigenvalue weighted by atomic mass is 10.1. The van der Waals surface area contributed by atoms with Crippen molar-refractivity contribution >= 4 is 0 Å². The lowest BCUT2D eigenvalue weighted by Gasteiger charge is -2.00. The summed E-state index contributed by atoms with van der Waals surface area (Å²) in [4.78, 5) is 4.20. The molecule has 0 aromatic carbocycles. The van der Waals surface area contributed by atoms with Crippen LogP contribution in [0, 0.1) is 5.92 Å². The molecule has 1 aromatic heterocycles. The van der Waals surface area contributed by atoms with Crippen LogP contribution >= 0.6 is 0 Å². The molecule has 0 saturated heterocycles. The molecule has 1 rings (SSSR count). The van der Waals surface area contributed by atoms with Crippen LogP contribution in [-0.4, -0.2) is 11.5 Å². The van der Waals surface area contributed by atoms with Crippen LogP contribution in [-0.2, 0) is 13.0 Å². The zero-order valence-electron chi connectivity index (χ0n) is 9.34. The first-order valence-corrected chi connectivity index (χ1v) is 5.36. The molecule has 1 aromatic rings. The molecule has 80 valence electrons. The topological polar surface area (TPSA) is 38.1 Å². The average molecular weight is 196 g/mol. The minimum Gasteiger partial charge on any atom is -0.444 e. The van der Waals surface area contributed by atoms with Crippen molar-refractivity contribution in [2.75, 3.05) is 6.54 Å². The molecule has 0 bridgehead atoms. The lowest BCUT2D eigenvalue weighted by molar-refractivity contribution is 0.424. The van der Waals surface area contributed by atoms with E-state index in [1.807, 2.05) is 6.20 Å². The van der Waals surface area contributed by atoms with Gasteiger partial charge in [0.2, 0.25) is 5.89 Å². The molecule has 0 amide bonds. The summed E-state index contributed by atoms with van der Waals surface area (Å²) in [6, 6.07) is 0. The number of rotatable bonds is 6. The molecule has 3 nitrogen and oxygen atoms in total. The Bertz CT molecular complexity index is 256. The summed E-state index contributed by atoms with van der Waals surface area (Å²) in [5, 5.41) is 3.19. The van der Waals surface area contributed by atoms with Crippen LogP contribution in [0.2, 0.25) is 0 Å². The number of nitrogens with one attached hydrogen (secondary N) is 1. The van der Waals surface area contributed by atoms with Gasteiger partial charge in [-0.05, 0) is 18.9 Å². The molecule has 3 heteroatoms. The lowest BCUT2D eigenvalue weighted by Crippen LogP contribution is -2.11. The number of aromatic nitrogens is 1. The molecule has 1 heterocycles. The fraction of sp³-hybridized carbons (Fsp3) is 0.727. The summed E-state index contributed by atoms with van der Waals surface area (Å²) in [5.41, 5.74) is 0. The normalized spacial score (nSPS) is 11.1. The molecule has 0 aliphatic carbocycles. The third-order valence-electron chi connectivity index (χ3n) is 2.10. The zero-order valence-corrected chi connectivity index (χ0v) is 9.34. The highest BCUT2D eigenvalue weighted by atomic mass is 16.4. The van der Waals surface area contributed by atoms with Gasteiger partial charge in [0.25, 0.3) is 0 Å². The van der Waals surface area contributed by atoms with Gasteiger partial charge < -0.3 is 9.73 Å². The van der Waals surface area contributed by atoms with E-state index in [0.717, 1.165) is 43.5 Å². The second-order valence-corrected chi connectivity index (χ2v) is 3.93. The van der Waals surface area contributed by atoms with Gasteiger partial charge in [-0.3, -0.25) is 0 Å². The van der Waals surface area contributed by atoms with E-state index < -0.39 is 0 Å². The first kappa shape index (κ1) is 11.2. The molecule has 0 aliphatic heterocycles. The minimum atomic E-state index is 0.720. The molecule has 1 N–H and O–H groups in total. The van der Waals surface area contributed by atoms with Crippen LogP contribution in [0.4, 0.5) is 0 Å². The predicted octanol–water partition coefficient (Wildman–Crippen LogP) is 2.37. The Morgan fingerprint density at radius 3 is 2.93 bits per heavy atom. The van der Waals surface area contributed by atoms with Crippen molar-refractivity contribution in [3.8, 4) is 0 Å². The van der Waals surface area contributed by atoms with E-state index in [9.17, 15) is 0 Å². The number of hydrogen-bond donors (Lipinski definition) is 1. The van der Waals surface area contributed by atoms with Crippen molar-refractivity contribution in [2.45, 2.75) is 40.2 Å². The molecule has 0 unspecified atom stereocenters. The van der Waals surface area contributed by atoms with Crippen molar-refractivity contribution in [2.24, 2.45) is 5.92 Å². The van der Waals surface area contributed by atoms with E-state index in [1.165, 1.54) is 0 Å². The predicted molar refractivity (Wildman–Crippen MR) is 57.0 cm³/mol. The van der Waals surface area contributed by atoms with Gasteiger partial charge in [-0.1, -0.05) is 20.8 Å². The molecule has 0 aliphatic rings. The van der Waals surface area contributed by atoms with Crippen molar-refractivity contribution in [3.63, 3.8) is 0 Å². The fourth-order valence-corrected chi connectivity index (χ4v) is 1.21. The maximum atomic E-state index is 5.56. The summed E-state index contributed by atoms with van der Waals surface area (Å²) in [5.74, 6) is 2.52. The van der Waals surface area contributed by atoms with Gasteiger partial charge in [-0.15, -0.1) is 0 Å². The van der Waals surface area contributed by atoms with E-state index in [1.54, 1.807) is 0 Å². The van der Waals surface area contributed by atoms with Crippen LogP contribution < -0.4 is 5.32 Å². The summed E-state index contributed by atoms with van der Waals surface area (Å²) in [6.45, 7) is 8.19. The standard InChI is InChI=1S/C11H20N2O/c1-4-12-8-11-13-7-10(14-11)6-5-9(2)3/h7,9,12H,4-6,8H2,1-3H3. The van der Waals surface area contributed by atoms with E-state index in [4.69, 9.17) is 4.42 Å². The summed E-state index contributed by atoms with van der Waals surface area (Å²) in [6.07, 6.45) is 4.00. The number of nitrogens with zero attached hydrogens (tertiary/aromatic N) is 1. The molecular weight excluding hydrogens is 176 g/mol. The van der Waals surface area contributed by atoms with Crippen LogP contribution in [0.5, 0.6) is 0 Å². The largest absolute Gasteiger partial charge is 0.444 e. The number of oxazole rings is 1. The molecule has 0 atom stereocenters. The molecule has 0 saturated carbocycles. The smallest absolute Gasteiger partial charge is 0.208 e. The molecular formula is C11H20N2O. The van der Waals surface area contributed by atoms with E-state index >= 15 is 0 Å². The molecule has 0 fully saturated rings. The Balaban J connectivity index is 2.35. The Kier molecular flexibility index (Phi) is 4.66. The second-order valence-electron chi connectivity index (χ2n) is 3.93. The number of hydrogen-bond acceptors (Lipinski definition) is 3. The summed E-state index contributed by atoms with van der Waals surface area (Å²) < 4.78 is 5.56. The van der Waals surface area contributed by atoms with Gasteiger partial charge in [-0.2, -0.15) is 0 Å². The van der Waals surface area contributed by atoms with Crippen molar-refractivity contribution in [3.05, 3.63) is 17.8 Å². The Hall–Kier alpha value is -0.830. The highest BCUT2D eigenvalue weighted by Crippen LogP contribution is 2.10. The third kappa shape index (κ3) is 3.92. The fourth-order valence-electron chi connectivity index (χ4n) is 1.21. The molecule has 14 heavy (non-hydrogen) atoms. The SMILES string of the molecule is CCNCc1ncc(CCC(C)C)o1. The molecule has 0 spiro atoms.